The second-order valence-electron chi connectivity index (χ2n) is 3.58. The summed E-state index contributed by atoms with van der Waals surface area (Å²) in [5.41, 5.74) is 0.585. The molecule has 2 aromatic rings. The lowest BCUT2D eigenvalue weighted by molar-refractivity contribution is 0.0689. The smallest absolute Gasteiger partial charge is 0.356 e. The van der Waals surface area contributed by atoms with Crippen LogP contribution in [0.1, 0.15) is 10.5 Å². The number of aromatic nitrogens is 2. The topological polar surface area (TPSA) is 84.3 Å². The summed E-state index contributed by atoms with van der Waals surface area (Å²) in [6.45, 7) is 0. The fourth-order valence-corrected chi connectivity index (χ4v) is 1.66. The van der Waals surface area contributed by atoms with Crippen molar-refractivity contribution in [3.05, 3.63) is 41.0 Å². The van der Waals surface area contributed by atoms with Crippen LogP contribution in [0, 0.1) is 0 Å². The monoisotopic (exact) mass is 279 g/mol. The van der Waals surface area contributed by atoms with E-state index in [0.717, 1.165) is 0 Å². The van der Waals surface area contributed by atoms with Crippen molar-refractivity contribution < 1.29 is 14.6 Å². The van der Waals surface area contributed by atoms with Crippen molar-refractivity contribution in [3.8, 4) is 5.75 Å². The molecule has 0 unspecified atom stereocenters. The maximum Gasteiger partial charge on any atom is 0.356 e. The van der Waals surface area contributed by atoms with Crippen molar-refractivity contribution in [2.75, 3.05) is 12.4 Å². The van der Waals surface area contributed by atoms with E-state index >= 15 is 0 Å². The summed E-state index contributed by atoms with van der Waals surface area (Å²) in [4.78, 5) is 10.6. The minimum atomic E-state index is -1.12. The van der Waals surface area contributed by atoms with E-state index in [1.807, 2.05) is 0 Å². The highest BCUT2D eigenvalue weighted by atomic mass is 35.5. The van der Waals surface area contributed by atoms with Crippen molar-refractivity contribution in [2.45, 2.75) is 0 Å². The van der Waals surface area contributed by atoms with E-state index in [9.17, 15) is 4.79 Å². The Kier molecular flexibility index (Phi) is 3.82. The van der Waals surface area contributed by atoms with E-state index in [1.54, 1.807) is 18.2 Å². The van der Waals surface area contributed by atoms with Crippen LogP contribution in [0.25, 0.3) is 0 Å². The third-order valence-corrected chi connectivity index (χ3v) is 2.60. The number of benzene rings is 1. The number of halogens is 1. The summed E-state index contributed by atoms with van der Waals surface area (Å²) in [6, 6.07) is 8.03. The van der Waals surface area contributed by atoms with Crippen molar-refractivity contribution in [2.24, 2.45) is 0 Å². The number of ether oxygens (including phenoxy) is 1. The summed E-state index contributed by atoms with van der Waals surface area (Å²) in [6.07, 6.45) is 0. The predicted octanol–water partition coefficient (Wildman–Crippen LogP) is 2.58. The van der Waals surface area contributed by atoms with Crippen molar-refractivity contribution in [1.29, 1.82) is 0 Å². The van der Waals surface area contributed by atoms with Gasteiger partial charge in [-0.05, 0) is 30.3 Å². The number of nitrogens with one attached hydrogen (secondary N) is 1. The molecule has 0 spiro atoms. The first-order valence-electron chi connectivity index (χ1n) is 5.28. The van der Waals surface area contributed by atoms with Gasteiger partial charge in [-0.15, -0.1) is 10.2 Å². The van der Waals surface area contributed by atoms with Crippen molar-refractivity contribution >= 4 is 29.1 Å². The predicted molar refractivity (Wildman–Crippen MR) is 70.3 cm³/mol. The van der Waals surface area contributed by atoms with Crippen LogP contribution in [-0.2, 0) is 0 Å². The van der Waals surface area contributed by atoms with Gasteiger partial charge >= 0.3 is 5.97 Å². The lowest BCUT2D eigenvalue weighted by Crippen LogP contribution is -2.03. The van der Waals surface area contributed by atoms with Crippen molar-refractivity contribution in [1.82, 2.24) is 10.2 Å². The Balaban J connectivity index is 2.16. The normalized spacial score (nSPS) is 10.0. The lowest BCUT2D eigenvalue weighted by Gasteiger charge is -2.07. The average molecular weight is 280 g/mol. The molecule has 2 rings (SSSR count). The Labute approximate surface area is 114 Å². The van der Waals surface area contributed by atoms with Crippen LogP contribution in [0.15, 0.2) is 30.3 Å². The molecular weight excluding hydrogens is 270 g/mol. The molecule has 1 aromatic carbocycles. The van der Waals surface area contributed by atoms with Gasteiger partial charge in [0.15, 0.2) is 11.5 Å². The number of hydrogen-bond donors (Lipinski definition) is 2. The first kappa shape index (κ1) is 13.1. The van der Waals surface area contributed by atoms with Gasteiger partial charge in [-0.2, -0.15) is 0 Å². The Hall–Kier alpha value is -2.34. The molecule has 98 valence electrons. The molecule has 0 aliphatic heterocycles. The molecule has 0 aliphatic carbocycles. The first-order valence-corrected chi connectivity index (χ1v) is 5.65. The van der Waals surface area contributed by atoms with E-state index in [0.29, 0.717) is 22.3 Å². The van der Waals surface area contributed by atoms with Crippen LogP contribution in [-0.4, -0.2) is 28.4 Å². The van der Waals surface area contributed by atoms with Gasteiger partial charge in [0.2, 0.25) is 0 Å². The van der Waals surface area contributed by atoms with Crippen LogP contribution in [0.2, 0.25) is 5.02 Å². The third kappa shape index (κ3) is 3.11. The molecule has 0 radical (unpaired) electrons. The number of carboxylic acids is 1. The second-order valence-corrected chi connectivity index (χ2v) is 3.99. The largest absolute Gasteiger partial charge is 0.495 e. The quantitative estimate of drug-likeness (QED) is 0.895. The van der Waals surface area contributed by atoms with Crippen LogP contribution in [0.3, 0.4) is 0 Å². The highest BCUT2D eigenvalue weighted by molar-refractivity contribution is 6.32. The van der Waals surface area contributed by atoms with Gasteiger partial charge in [0, 0.05) is 5.69 Å². The molecule has 1 heterocycles. The van der Waals surface area contributed by atoms with E-state index < -0.39 is 5.97 Å². The maximum atomic E-state index is 10.6. The summed E-state index contributed by atoms with van der Waals surface area (Å²) in [5, 5.41) is 19.4. The zero-order valence-corrected chi connectivity index (χ0v) is 10.7. The fraction of sp³-hybridized carbons (Fsp3) is 0.0833. The zero-order valence-electron chi connectivity index (χ0n) is 9.92. The number of hydrogen-bond acceptors (Lipinski definition) is 5. The summed E-state index contributed by atoms with van der Waals surface area (Å²) >= 11 is 5.98. The Morgan fingerprint density at radius 2 is 2.11 bits per heavy atom. The Morgan fingerprint density at radius 1 is 1.32 bits per heavy atom. The van der Waals surface area contributed by atoms with Gasteiger partial charge < -0.3 is 15.2 Å². The molecule has 0 amide bonds. The van der Waals surface area contributed by atoms with Gasteiger partial charge in [-0.1, -0.05) is 11.6 Å². The highest BCUT2D eigenvalue weighted by Crippen LogP contribution is 2.28. The Bertz CT molecular complexity index is 602. The fourth-order valence-electron chi connectivity index (χ4n) is 1.41. The minimum Gasteiger partial charge on any atom is -0.495 e. The number of anilines is 2. The summed E-state index contributed by atoms with van der Waals surface area (Å²) < 4.78 is 5.04. The maximum absolute atomic E-state index is 10.6. The molecule has 0 bridgehead atoms. The molecular formula is C12H10ClN3O3. The molecule has 1 aromatic heterocycles. The van der Waals surface area contributed by atoms with E-state index in [4.69, 9.17) is 21.4 Å². The SMILES string of the molecule is COc1ccc(Nc2ccc(C(=O)O)nn2)cc1Cl. The van der Waals surface area contributed by atoms with Gasteiger partial charge in [0.05, 0.1) is 12.1 Å². The van der Waals surface area contributed by atoms with Crippen LogP contribution in [0.4, 0.5) is 11.5 Å². The lowest BCUT2D eigenvalue weighted by atomic mass is 10.3. The van der Waals surface area contributed by atoms with Crippen LogP contribution < -0.4 is 10.1 Å². The van der Waals surface area contributed by atoms with Gasteiger partial charge in [0.1, 0.15) is 5.75 Å². The molecule has 0 fully saturated rings. The molecule has 6 nitrogen and oxygen atoms in total. The number of carboxylic acid groups (broad SMARTS) is 1. The minimum absolute atomic E-state index is 0.113. The number of rotatable bonds is 4. The molecule has 0 saturated carbocycles. The number of nitrogens with zero attached hydrogens (tertiary/aromatic N) is 2. The zero-order chi connectivity index (χ0) is 13.8. The molecule has 0 atom stereocenters. The van der Waals surface area contributed by atoms with Crippen LogP contribution >= 0.6 is 11.6 Å². The highest BCUT2D eigenvalue weighted by Gasteiger charge is 2.06. The third-order valence-electron chi connectivity index (χ3n) is 2.31. The van der Waals surface area contributed by atoms with Gasteiger partial charge in [-0.25, -0.2) is 4.79 Å². The van der Waals surface area contributed by atoms with Gasteiger partial charge in [-0.3, -0.25) is 0 Å². The Morgan fingerprint density at radius 3 is 2.63 bits per heavy atom. The van der Waals surface area contributed by atoms with Gasteiger partial charge in [0.25, 0.3) is 0 Å². The van der Waals surface area contributed by atoms with Crippen molar-refractivity contribution in [3.63, 3.8) is 0 Å². The van der Waals surface area contributed by atoms with E-state index in [2.05, 4.69) is 15.5 Å². The van der Waals surface area contributed by atoms with E-state index in [-0.39, 0.29) is 5.69 Å². The molecule has 0 aliphatic rings. The first-order chi connectivity index (χ1) is 9.10. The van der Waals surface area contributed by atoms with Crippen LogP contribution in [0.5, 0.6) is 5.75 Å². The standard InChI is InChI=1S/C12H10ClN3O3/c1-19-10-4-2-7(6-8(10)13)14-11-5-3-9(12(17)18)15-16-11/h2-6H,1H3,(H,14,16)(H,17,18). The summed E-state index contributed by atoms with van der Waals surface area (Å²) in [7, 11) is 1.53. The number of aromatic carboxylic acids is 1. The molecule has 2 N–H and O–H groups in total. The average Bonchev–Trinajstić information content (AvgIpc) is 2.39. The molecule has 0 saturated heterocycles. The second kappa shape index (κ2) is 5.53. The molecule has 7 heteroatoms. The number of methoxy groups -OCH3 is 1. The summed E-state index contributed by atoms with van der Waals surface area (Å²) in [5.74, 6) is -0.127. The molecule has 19 heavy (non-hydrogen) atoms. The number of carbonyl (C=O) groups is 1. The van der Waals surface area contributed by atoms with E-state index in [1.165, 1.54) is 19.2 Å².